The van der Waals surface area contributed by atoms with Crippen molar-refractivity contribution in [2.75, 3.05) is 45.9 Å². The van der Waals surface area contributed by atoms with E-state index in [1.54, 1.807) is 0 Å². The molecule has 0 bridgehead atoms. The van der Waals surface area contributed by atoms with E-state index >= 15 is 0 Å². The van der Waals surface area contributed by atoms with Crippen LogP contribution in [0.25, 0.3) is 0 Å². The predicted molar refractivity (Wildman–Crippen MR) is 87.7 cm³/mol. The number of hydrogen-bond donors (Lipinski definition) is 2. The number of ether oxygens (including phenoxy) is 2. The molecule has 0 amide bonds. The topological polar surface area (TPSA) is 54.0 Å². The van der Waals surface area contributed by atoms with Crippen LogP contribution in [-0.4, -0.2) is 55.9 Å². The fraction of sp³-hybridized carbons (Fsp3) is 0.647. The number of nitrogens with one attached hydrogen (secondary N) is 1. The molecular weight excluding hydrogens is 280 g/mol. The van der Waals surface area contributed by atoms with Crippen molar-refractivity contribution in [3.63, 3.8) is 0 Å². The molecule has 2 N–H and O–H groups in total. The highest BCUT2D eigenvalue weighted by Gasteiger charge is 2.17. The number of aliphatic hydroxyl groups is 1. The van der Waals surface area contributed by atoms with Gasteiger partial charge in [-0.25, -0.2) is 0 Å². The molecule has 124 valence electrons. The van der Waals surface area contributed by atoms with Crippen LogP contribution in [0.3, 0.4) is 0 Å². The summed E-state index contributed by atoms with van der Waals surface area (Å²) >= 11 is 0. The van der Waals surface area contributed by atoms with Gasteiger partial charge in [-0.1, -0.05) is 0 Å². The normalized spacial score (nSPS) is 17.2. The molecule has 0 saturated carbocycles. The third-order valence-corrected chi connectivity index (χ3v) is 3.88. The van der Waals surface area contributed by atoms with E-state index in [0.29, 0.717) is 19.6 Å². The molecule has 1 aliphatic heterocycles. The van der Waals surface area contributed by atoms with Crippen molar-refractivity contribution in [3.8, 4) is 11.5 Å². The average molecular weight is 308 g/mol. The molecule has 0 aromatic heterocycles. The molecule has 22 heavy (non-hydrogen) atoms. The van der Waals surface area contributed by atoms with E-state index in [4.69, 9.17) is 9.47 Å². The Morgan fingerprint density at radius 1 is 1.18 bits per heavy atom. The molecule has 1 aromatic rings. The summed E-state index contributed by atoms with van der Waals surface area (Å²) in [6.45, 7) is 10.2. The van der Waals surface area contributed by atoms with Crippen LogP contribution in [0.2, 0.25) is 0 Å². The summed E-state index contributed by atoms with van der Waals surface area (Å²) in [7, 11) is 0. The maximum absolute atomic E-state index is 10.5. The van der Waals surface area contributed by atoms with Gasteiger partial charge < -0.3 is 24.8 Å². The third kappa shape index (κ3) is 4.87. The first-order valence-electron chi connectivity index (χ1n) is 8.25. The van der Waals surface area contributed by atoms with Gasteiger partial charge in [0, 0.05) is 44.4 Å². The highest BCUT2D eigenvalue weighted by molar-refractivity contribution is 5.42. The first-order valence-corrected chi connectivity index (χ1v) is 8.25. The fourth-order valence-corrected chi connectivity index (χ4v) is 2.72. The molecule has 1 heterocycles. The zero-order chi connectivity index (χ0) is 15.8. The monoisotopic (exact) mass is 308 g/mol. The van der Waals surface area contributed by atoms with E-state index in [1.165, 1.54) is 0 Å². The van der Waals surface area contributed by atoms with Gasteiger partial charge in [-0.3, -0.25) is 0 Å². The van der Waals surface area contributed by atoms with Crippen LogP contribution in [0.1, 0.15) is 31.9 Å². The molecule has 0 aliphatic carbocycles. The standard InChI is InChI=1S/C17H28N2O3/c1-3-21-14-5-6-15(17(13-14)22-4-2)16(20)7-10-19-11-8-18-9-12-19/h5-6,13,16,18,20H,3-4,7-12H2,1-2H3. The molecule has 1 fully saturated rings. The van der Waals surface area contributed by atoms with Crippen molar-refractivity contribution in [1.82, 2.24) is 10.2 Å². The van der Waals surface area contributed by atoms with Gasteiger partial charge in [0.1, 0.15) is 11.5 Å². The summed E-state index contributed by atoms with van der Waals surface area (Å²) in [6, 6.07) is 5.68. The van der Waals surface area contributed by atoms with Crippen molar-refractivity contribution >= 4 is 0 Å². The van der Waals surface area contributed by atoms with Gasteiger partial charge in [-0.2, -0.15) is 0 Å². The Kier molecular flexibility index (Phi) is 6.96. The van der Waals surface area contributed by atoms with Gasteiger partial charge in [0.25, 0.3) is 0 Å². The van der Waals surface area contributed by atoms with Gasteiger partial charge in [-0.15, -0.1) is 0 Å². The van der Waals surface area contributed by atoms with Crippen molar-refractivity contribution in [2.24, 2.45) is 0 Å². The number of hydrogen-bond acceptors (Lipinski definition) is 5. The van der Waals surface area contributed by atoms with Crippen LogP contribution in [0.4, 0.5) is 0 Å². The third-order valence-electron chi connectivity index (χ3n) is 3.88. The molecule has 1 saturated heterocycles. The van der Waals surface area contributed by atoms with Crippen molar-refractivity contribution in [3.05, 3.63) is 23.8 Å². The van der Waals surface area contributed by atoms with E-state index in [9.17, 15) is 5.11 Å². The number of piperazine rings is 1. The van der Waals surface area contributed by atoms with Crippen LogP contribution in [0.5, 0.6) is 11.5 Å². The van der Waals surface area contributed by atoms with Crippen LogP contribution in [-0.2, 0) is 0 Å². The molecule has 1 aliphatic rings. The second-order valence-corrected chi connectivity index (χ2v) is 5.46. The van der Waals surface area contributed by atoms with E-state index in [1.807, 2.05) is 32.0 Å². The summed E-state index contributed by atoms with van der Waals surface area (Å²) in [5.41, 5.74) is 0.848. The Balaban J connectivity index is 1.98. The second kappa shape index (κ2) is 8.98. The van der Waals surface area contributed by atoms with Crippen molar-refractivity contribution < 1.29 is 14.6 Å². The minimum atomic E-state index is -0.507. The van der Waals surface area contributed by atoms with Gasteiger partial charge in [-0.05, 0) is 32.4 Å². The summed E-state index contributed by atoms with van der Waals surface area (Å²) in [5, 5.41) is 13.9. The van der Waals surface area contributed by atoms with Crippen LogP contribution in [0.15, 0.2) is 18.2 Å². The Hall–Kier alpha value is -1.30. The zero-order valence-electron chi connectivity index (χ0n) is 13.7. The smallest absolute Gasteiger partial charge is 0.128 e. The molecule has 0 radical (unpaired) electrons. The van der Waals surface area contributed by atoms with Crippen LogP contribution in [0, 0.1) is 0 Å². The minimum Gasteiger partial charge on any atom is -0.494 e. The van der Waals surface area contributed by atoms with E-state index in [-0.39, 0.29) is 0 Å². The Morgan fingerprint density at radius 2 is 1.91 bits per heavy atom. The van der Waals surface area contributed by atoms with Gasteiger partial charge in [0.2, 0.25) is 0 Å². The summed E-state index contributed by atoms with van der Waals surface area (Å²) in [5.74, 6) is 1.50. The first kappa shape index (κ1) is 17.1. The Morgan fingerprint density at radius 3 is 2.59 bits per heavy atom. The largest absolute Gasteiger partial charge is 0.494 e. The molecule has 1 atom stereocenters. The van der Waals surface area contributed by atoms with Crippen molar-refractivity contribution in [1.29, 1.82) is 0 Å². The Labute approximate surface area is 133 Å². The van der Waals surface area contributed by atoms with Gasteiger partial charge >= 0.3 is 0 Å². The summed E-state index contributed by atoms with van der Waals surface area (Å²) in [6.07, 6.45) is 0.209. The average Bonchev–Trinajstić information content (AvgIpc) is 2.54. The minimum absolute atomic E-state index is 0.507. The fourth-order valence-electron chi connectivity index (χ4n) is 2.72. The van der Waals surface area contributed by atoms with Crippen LogP contribution >= 0.6 is 0 Å². The lowest BCUT2D eigenvalue weighted by molar-refractivity contribution is 0.133. The van der Waals surface area contributed by atoms with E-state index in [2.05, 4.69) is 10.2 Å². The molecule has 1 unspecified atom stereocenters. The quantitative estimate of drug-likeness (QED) is 0.767. The maximum Gasteiger partial charge on any atom is 0.128 e. The van der Waals surface area contributed by atoms with Gasteiger partial charge in [0.05, 0.1) is 19.3 Å². The Bertz CT molecular complexity index is 448. The maximum atomic E-state index is 10.5. The lowest BCUT2D eigenvalue weighted by Gasteiger charge is -2.28. The molecular formula is C17H28N2O3. The zero-order valence-corrected chi connectivity index (χ0v) is 13.7. The second-order valence-electron chi connectivity index (χ2n) is 5.46. The lowest BCUT2D eigenvalue weighted by atomic mass is 10.0. The number of nitrogens with zero attached hydrogens (tertiary/aromatic N) is 1. The molecule has 2 rings (SSSR count). The SMILES string of the molecule is CCOc1ccc(C(O)CCN2CCNCC2)c(OCC)c1. The van der Waals surface area contributed by atoms with E-state index in [0.717, 1.165) is 49.8 Å². The molecule has 0 spiro atoms. The summed E-state index contributed by atoms with van der Waals surface area (Å²) in [4.78, 5) is 2.38. The number of benzene rings is 1. The van der Waals surface area contributed by atoms with Gasteiger partial charge in [0.15, 0.2) is 0 Å². The number of aliphatic hydroxyl groups excluding tert-OH is 1. The molecule has 5 nitrogen and oxygen atoms in total. The van der Waals surface area contributed by atoms with Crippen LogP contribution < -0.4 is 14.8 Å². The molecule has 5 heteroatoms. The highest BCUT2D eigenvalue weighted by Crippen LogP contribution is 2.31. The molecule has 1 aromatic carbocycles. The summed E-state index contributed by atoms with van der Waals surface area (Å²) < 4.78 is 11.2. The number of rotatable bonds is 8. The lowest BCUT2D eigenvalue weighted by Crippen LogP contribution is -2.44. The van der Waals surface area contributed by atoms with E-state index < -0.39 is 6.10 Å². The predicted octanol–water partition coefficient (Wildman–Crippen LogP) is 1.81. The van der Waals surface area contributed by atoms with Crippen molar-refractivity contribution in [2.45, 2.75) is 26.4 Å². The highest BCUT2D eigenvalue weighted by atomic mass is 16.5. The first-order chi connectivity index (χ1) is 10.7.